The van der Waals surface area contributed by atoms with E-state index in [-0.39, 0.29) is 23.7 Å². The van der Waals surface area contributed by atoms with Crippen molar-refractivity contribution in [2.45, 2.75) is 6.54 Å². The summed E-state index contributed by atoms with van der Waals surface area (Å²) in [7, 11) is 0. The maximum Gasteiger partial charge on any atom is 0.270 e. The Kier molecular flexibility index (Phi) is 5.38. The Morgan fingerprint density at radius 1 is 1.04 bits per heavy atom. The smallest absolute Gasteiger partial charge is 0.270 e. The topological polar surface area (TPSA) is 66.9 Å². The molecule has 3 rings (SSSR count). The number of aromatic nitrogens is 2. The maximum absolute atomic E-state index is 13.7. The van der Waals surface area contributed by atoms with Crippen molar-refractivity contribution >= 4 is 29.0 Å². The number of amides is 1. The summed E-state index contributed by atoms with van der Waals surface area (Å²) >= 11 is 6.04. The van der Waals surface area contributed by atoms with Crippen LogP contribution in [-0.2, 0) is 6.54 Å². The molecule has 0 fully saturated rings. The number of nitrogens with one attached hydrogen (secondary N) is 2. The zero-order valence-electron chi connectivity index (χ0n) is 13.3. The van der Waals surface area contributed by atoms with Crippen LogP contribution in [0.15, 0.2) is 54.9 Å². The van der Waals surface area contributed by atoms with Gasteiger partial charge in [0.15, 0.2) is 0 Å². The molecule has 26 heavy (non-hydrogen) atoms. The predicted molar refractivity (Wildman–Crippen MR) is 94.3 cm³/mol. The van der Waals surface area contributed by atoms with Gasteiger partial charge in [0.05, 0.1) is 0 Å². The molecule has 0 unspecified atom stereocenters. The molecule has 132 valence electrons. The number of hydrogen-bond acceptors (Lipinski definition) is 4. The zero-order valence-corrected chi connectivity index (χ0v) is 14.1. The molecule has 0 aliphatic heterocycles. The SMILES string of the molecule is O=C(NCc1ccccc1Cl)c1cc(Nc2c(F)cccc2F)ncn1. The van der Waals surface area contributed by atoms with Gasteiger partial charge in [-0.2, -0.15) is 0 Å². The van der Waals surface area contributed by atoms with Gasteiger partial charge in [0.1, 0.15) is 35.2 Å². The second-order valence-corrected chi connectivity index (χ2v) is 5.69. The zero-order chi connectivity index (χ0) is 18.5. The van der Waals surface area contributed by atoms with Gasteiger partial charge in [-0.3, -0.25) is 4.79 Å². The van der Waals surface area contributed by atoms with E-state index in [0.717, 1.165) is 24.0 Å². The van der Waals surface area contributed by atoms with E-state index in [1.807, 2.05) is 6.07 Å². The van der Waals surface area contributed by atoms with E-state index in [4.69, 9.17) is 11.6 Å². The summed E-state index contributed by atoms with van der Waals surface area (Å²) in [6, 6.07) is 11.9. The van der Waals surface area contributed by atoms with Crippen molar-refractivity contribution < 1.29 is 13.6 Å². The number of halogens is 3. The van der Waals surface area contributed by atoms with Gasteiger partial charge in [0, 0.05) is 17.6 Å². The average molecular weight is 375 g/mol. The summed E-state index contributed by atoms with van der Waals surface area (Å²) in [6.07, 6.45) is 1.13. The maximum atomic E-state index is 13.7. The third kappa shape index (κ3) is 4.12. The molecule has 0 spiro atoms. The van der Waals surface area contributed by atoms with Crippen molar-refractivity contribution in [2.24, 2.45) is 0 Å². The van der Waals surface area contributed by atoms with E-state index in [0.29, 0.717) is 5.02 Å². The number of carbonyl (C=O) groups is 1. The molecule has 0 bridgehead atoms. The Morgan fingerprint density at radius 2 is 1.77 bits per heavy atom. The number of nitrogens with zero attached hydrogens (tertiary/aromatic N) is 2. The molecule has 3 aromatic rings. The largest absolute Gasteiger partial charge is 0.347 e. The summed E-state index contributed by atoms with van der Waals surface area (Å²) in [5, 5.41) is 5.73. The second-order valence-electron chi connectivity index (χ2n) is 5.28. The highest BCUT2D eigenvalue weighted by molar-refractivity contribution is 6.31. The summed E-state index contributed by atoms with van der Waals surface area (Å²) < 4.78 is 27.4. The highest BCUT2D eigenvalue weighted by Gasteiger charge is 2.12. The Hall–Kier alpha value is -3.06. The quantitative estimate of drug-likeness (QED) is 0.706. The molecular weight excluding hydrogens is 362 g/mol. The van der Waals surface area contributed by atoms with E-state index in [9.17, 15) is 13.6 Å². The molecule has 2 aromatic carbocycles. The number of hydrogen-bond donors (Lipinski definition) is 2. The lowest BCUT2D eigenvalue weighted by Gasteiger charge is -2.09. The van der Waals surface area contributed by atoms with Gasteiger partial charge in [-0.15, -0.1) is 0 Å². The number of anilines is 2. The molecule has 0 saturated heterocycles. The number of rotatable bonds is 5. The molecule has 1 amide bonds. The van der Waals surface area contributed by atoms with Crippen LogP contribution >= 0.6 is 11.6 Å². The van der Waals surface area contributed by atoms with Crippen molar-refractivity contribution in [3.8, 4) is 0 Å². The van der Waals surface area contributed by atoms with Crippen LogP contribution in [0.2, 0.25) is 5.02 Å². The first-order chi connectivity index (χ1) is 12.5. The van der Waals surface area contributed by atoms with Crippen molar-refractivity contribution in [1.82, 2.24) is 15.3 Å². The summed E-state index contributed by atoms with van der Waals surface area (Å²) in [6.45, 7) is 0.215. The van der Waals surface area contributed by atoms with Gasteiger partial charge < -0.3 is 10.6 Å². The highest BCUT2D eigenvalue weighted by Crippen LogP contribution is 2.22. The van der Waals surface area contributed by atoms with Crippen LogP contribution in [0.25, 0.3) is 0 Å². The average Bonchev–Trinajstić information content (AvgIpc) is 2.64. The van der Waals surface area contributed by atoms with Crippen LogP contribution in [0, 0.1) is 11.6 Å². The molecule has 8 heteroatoms. The van der Waals surface area contributed by atoms with Crippen LogP contribution in [0.1, 0.15) is 16.1 Å². The molecule has 1 aromatic heterocycles. The highest BCUT2D eigenvalue weighted by atomic mass is 35.5. The Balaban J connectivity index is 1.72. The Bertz CT molecular complexity index is 932. The van der Waals surface area contributed by atoms with Gasteiger partial charge in [-0.1, -0.05) is 35.9 Å². The first-order valence-electron chi connectivity index (χ1n) is 7.59. The second kappa shape index (κ2) is 7.88. The number of para-hydroxylation sites is 1. The van der Waals surface area contributed by atoms with Crippen molar-refractivity contribution in [2.75, 3.05) is 5.32 Å². The first kappa shape index (κ1) is 17.8. The molecule has 0 aliphatic carbocycles. The van der Waals surface area contributed by atoms with Crippen LogP contribution in [-0.4, -0.2) is 15.9 Å². The first-order valence-corrected chi connectivity index (χ1v) is 7.97. The van der Waals surface area contributed by atoms with E-state index in [1.54, 1.807) is 18.2 Å². The fraction of sp³-hybridized carbons (Fsp3) is 0.0556. The van der Waals surface area contributed by atoms with Gasteiger partial charge in [0.25, 0.3) is 5.91 Å². The fourth-order valence-corrected chi connectivity index (χ4v) is 2.41. The van der Waals surface area contributed by atoms with Gasteiger partial charge in [-0.05, 0) is 23.8 Å². The molecule has 0 radical (unpaired) electrons. The Morgan fingerprint density at radius 3 is 2.50 bits per heavy atom. The molecule has 0 atom stereocenters. The normalized spacial score (nSPS) is 10.4. The summed E-state index contributed by atoms with van der Waals surface area (Å²) in [5.74, 6) is -1.92. The monoisotopic (exact) mass is 374 g/mol. The van der Waals surface area contributed by atoms with Crippen LogP contribution in [0.3, 0.4) is 0 Å². The molecule has 0 aliphatic rings. The number of benzene rings is 2. The fourth-order valence-electron chi connectivity index (χ4n) is 2.20. The summed E-state index contributed by atoms with van der Waals surface area (Å²) in [5.41, 5.74) is 0.447. The lowest BCUT2D eigenvalue weighted by molar-refractivity contribution is 0.0946. The lowest BCUT2D eigenvalue weighted by Crippen LogP contribution is -2.24. The van der Waals surface area contributed by atoms with Crippen LogP contribution in [0.5, 0.6) is 0 Å². The standard InChI is InChI=1S/C18H13ClF2N4O/c19-12-5-2-1-4-11(12)9-22-18(26)15-8-16(24-10-23-15)25-17-13(20)6-3-7-14(17)21/h1-8,10H,9H2,(H,22,26)(H,23,24,25). The van der Waals surface area contributed by atoms with Crippen LogP contribution < -0.4 is 10.6 Å². The minimum atomic E-state index is -0.770. The lowest BCUT2D eigenvalue weighted by atomic mass is 10.2. The van der Waals surface area contributed by atoms with Gasteiger partial charge in [0.2, 0.25) is 0 Å². The minimum absolute atomic E-state index is 0.0475. The summed E-state index contributed by atoms with van der Waals surface area (Å²) in [4.78, 5) is 20.0. The predicted octanol–water partition coefficient (Wildman–Crippen LogP) is 4.08. The van der Waals surface area contributed by atoms with E-state index in [1.165, 1.54) is 12.1 Å². The number of carbonyl (C=O) groups excluding carboxylic acids is 1. The van der Waals surface area contributed by atoms with Gasteiger partial charge >= 0.3 is 0 Å². The van der Waals surface area contributed by atoms with E-state index < -0.39 is 17.5 Å². The third-order valence-corrected chi connectivity index (χ3v) is 3.88. The van der Waals surface area contributed by atoms with Crippen molar-refractivity contribution in [1.29, 1.82) is 0 Å². The molecule has 2 N–H and O–H groups in total. The molecule has 1 heterocycles. The molecular formula is C18H13ClF2N4O. The third-order valence-electron chi connectivity index (χ3n) is 3.51. The van der Waals surface area contributed by atoms with E-state index in [2.05, 4.69) is 20.6 Å². The Labute approximate surface area is 153 Å². The molecule has 5 nitrogen and oxygen atoms in total. The van der Waals surface area contributed by atoms with E-state index >= 15 is 0 Å². The van der Waals surface area contributed by atoms with Crippen molar-refractivity contribution in [3.05, 3.63) is 82.8 Å². The molecule has 0 saturated carbocycles. The minimum Gasteiger partial charge on any atom is -0.347 e. The van der Waals surface area contributed by atoms with Crippen molar-refractivity contribution in [3.63, 3.8) is 0 Å². The van der Waals surface area contributed by atoms with Gasteiger partial charge in [-0.25, -0.2) is 18.7 Å². The van der Waals surface area contributed by atoms with Crippen LogP contribution in [0.4, 0.5) is 20.3 Å².